The average molecular weight is 362 g/mol. The van der Waals surface area contributed by atoms with E-state index in [2.05, 4.69) is 0 Å². The molecule has 1 fully saturated rings. The minimum absolute atomic E-state index is 0.255. The Bertz CT molecular complexity index is 928. The third-order valence-electron chi connectivity index (χ3n) is 5.27. The summed E-state index contributed by atoms with van der Waals surface area (Å²) in [5, 5.41) is 0. The zero-order valence-electron chi connectivity index (χ0n) is 15.6. The molecule has 2 aliphatic rings. The summed E-state index contributed by atoms with van der Waals surface area (Å²) in [6.45, 7) is 6.24. The van der Waals surface area contributed by atoms with Crippen molar-refractivity contribution in [1.29, 1.82) is 0 Å². The second kappa shape index (κ2) is 7.00. The van der Waals surface area contributed by atoms with Gasteiger partial charge in [0.05, 0.1) is 24.5 Å². The Hall–Kier alpha value is -2.92. The summed E-state index contributed by atoms with van der Waals surface area (Å²) in [7, 11) is 0. The first-order chi connectivity index (χ1) is 13.1. The minimum Gasteiger partial charge on any atom is -0.378 e. The highest BCUT2D eigenvalue weighted by molar-refractivity contribution is 6.45. The Morgan fingerprint density at radius 1 is 0.852 bits per heavy atom. The molecule has 4 rings (SSSR count). The van der Waals surface area contributed by atoms with E-state index in [9.17, 15) is 9.59 Å². The molecule has 0 saturated carbocycles. The van der Waals surface area contributed by atoms with Crippen molar-refractivity contribution in [3.8, 4) is 0 Å². The van der Waals surface area contributed by atoms with E-state index in [-0.39, 0.29) is 11.8 Å². The van der Waals surface area contributed by atoms with E-state index in [1.165, 1.54) is 4.90 Å². The molecule has 0 atom stereocenters. The zero-order chi connectivity index (χ0) is 19.0. The largest absolute Gasteiger partial charge is 0.378 e. The van der Waals surface area contributed by atoms with Gasteiger partial charge in [-0.2, -0.15) is 0 Å². The molecule has 2 heterocycles. The molecule has 5 heteroatoms. The maximum Gasteiger partial charge on any atom is 0.282 e. The number of hydrogen-bond acceptors (Lipinski definition) is 4. The van der Waals surface area contributed by atoms with Gasteiger partial charge >= 0.3 is 0 Å². The number of aryl methyl sites for hydroxylation is 1. The molecule has 0 aliphatic carbocycles. The summed E-state index contributed by atoms with van der Waals surface area (Å²) < 4.78 is 5.43. The lowest BCUT2D eigenvalue weighted by Crippen LogP contribution is -2.40. The van der Waals surface area contributed by atoms with Gasteiger partial charge in [-0.15, -0.1) is 0 Å². The monoisotopic (exact) mass is 362 g/mol. The molecular formula is C22H22N2O3. The van der Waals surface area contributed by atoms with Crippen LogP contribution in [0, 0.1) is 13.8 Å². The lowest BCUT2D eigenvalue weighted by molar-refractivity contribution is -0.121. The van der Waals surface area contributed by atoms with Crippen molar-refractivity contribution in [3.63, 3.8) is 0 Å². The second-order valence-electron chi connectivity index (χ2n) is 6.85. The summed E-state index contributed by atoms with van der Waals surface area (Å²) >= 11 is 0. The summed E-state index contributed by atoms with van der Waals surface area (Å²) in [6.07, 6.45) is 0. The Morgan fingerprint density at radius 3 is 2.26 bits per heavy atom. The lowest BCUT2D eigenvalue weighted by Gasteiger charge is -2.29. The predicted molar refractivity (Wildman–Crippen MR) is 104 cm³/mol. The highest BCUT2D eigenvalue weighted by Crippen LogP contribution is 2.36. The standard InChI is InChI=1S/C22H22N2O3/c1-15-7-6-10-18(16(15)2)24-21(25)19(17-8-4-3-5-9-17)20(22(24)26)23-11-13-27-14-12-23/h3-10H,11-14H2,1-2H3. The van der Waals surface area contributed by atoms with E-state index in [0.717, 1.165) is 16.7 Å². The van der Waals surface area contributed by atoms with Crippen LogP contribution in [0.3, 0.4) is 0 Å². The molecule has 2 amide bonds. The molecule has 2 aromatic rings. The first-order valence-electron chi connectivity index (χ1n) is 9.17. The summed E-state index contributed by atoms with van der Waals surface area (Å²) in [5.41, 5.74) is 4.37. The van der Waals surface area contributed by atoms with Gasteiger partial charge in [-0.3, -0.25) is 9.59 Å². The van der Waals surface area contributed by atoms with E-state index in [4.69, 9.17) is 4.74 Å². The summed E-state index contributed by atoms with van der Waals surface area (Å²) in [4.78, 5) is 30.2. The molecule has 2 aromatic carbocycles. The van der Waals surface area contributed by atoms with Crippen LogP contribution in [-0.4, -0.2) is 43.0 Å². The van der Waals surface area contributed by atoms with E-state index < -0.39 is 0 Å². The summed E-state index contributed by atoms with van der Waals surface area (Å²) in [5.74, 6) is -0.518. The van der Waals surface area contributed by atoms with Crippen LogP contribution in [0.1, 0.15) is 16.7 Å². The number of anilines is 1. The van der Waals surface area contributed by atoms with Gasteiger partial charge in [-0.25, -0.2) is 4.90 Å². The van der Waals surface area contributed by atoms with E-state index in [0.29, 0.717) is 43.3 Å². The Kier molecular flexibility index (Phi) is 4.54. The SMILES string of the molecule is Cc1cccc(N2C(=O)C(c3ccccc3)=C(N3CCOCC3)C2=O)c1C. The van der Waals surface area contributed by atoms with Gasteiger partial charge in [0.1, 0.15) is 5.70 Å². The fourth-order valence-corrected chi connectivity index (χ4v) is 3.66. The maximum atomic E-state index is 13.4. The number of ether oxygens (including phenoxy) is 1. The zero-order valence-corrected chi connectivity index (χ0v) is 15.6. The number of carbonyl (C=O) groups excluding carboxylic acids is 2. The van der Waals surface area contributed by atoms with E-state index >= 15 is 0 Å². The number of nitrogens with zero attached hydrogens (tertiary/aromatic N) is 2. The number of imide groups is 1. The van der Waals surface area contributed by atoms with Crippen LogP contribution in [0.15, 0.2) is 54.2 Å². The lowest BCUT2D eigenvalue weighted by atomic mass is 10.0. The van der Waals surface area contributed by atoms with Gasteiger partial charge in [-0.1, -0.05) is 42.5 Å². The fraction of sp³-hybridized carbons (Fsp3) is 0.273. The molecule has 0 aromatic heterocycles. The quantitative estimate of drug-likeness (QED) is 0.788. The molecule has 0 N–H and O–H groups in total. The highest BCUT2D eigenvalue weighted by Gasteiger charge is 2.43. The molecular weight excluding hydrogens is 340 g/mol. The number of carbonyl (C=O) groups is 2. The van der Waals surface area contributed by atoms with Crippen LogP contribution < -0.4 is 4.90 Å². The third-order valence-corrected chi connectivity index (χ3v) is 5.27. The Morgan fingerprint density at radius 2 is 1.56 bits per heavy atom. The van der Waals surface area contributed by atoms with Crippen molar-refractivity contribution in [1.82, 2.24) is 4.90 Å². The highest BCUT2D eigenvalue weighted by atomic mass is 16.5. The van der Waals surface area contributed by atoms with Crippen molar-refractivity contribution < 1.29 is 14.3 Å². The predicted octanol–water partition coefficient (Wildman–Crippen LogP) is 2.92. The van der Waals surface area contributed by atoms with Crippen LogP contribution >= 0.6 is 0 Å². The van der Waals surface area contributed by atoms with E-state index in [1.54, 1.807) is 0 Å². The number of hydrogen-bond donors (Lipinski definition) is 0. The van der Waals surface area contributed by atoms with Crippen molar-refractivity contribution in [3.05, 3.63) is 70.9 Å². The van der Waals surface area contributed by atoms with Crippen molar-refractivity contribution in [2.24, 2.45) is 0 Å². The normalized spacial score (nSPS) is 17.9. The van der Waals surface area contributed by atoms with Gasteiger partial charge in [0.15, 0.2) is 0 Å². The van der Waals surface area contributed by atoms with E-state index in [1.807, 2.05) is 67.3 Å². The topological polar surface area (TPSA) is 49.9 Å². The molecule has 1 saturated heterocycles. The van der Waals surface area contributed by atoms with Crippen LogP contribution in [0.25, 0.3) is 5.57 Å². The summed E-state index contributed by atoms with van der Waals surface area (Å²) in [6, 6.07) is 15.1. The molecule has 27 heavy (non-hydrogen) atoms. The van der Waals surface area contributed by atoms with Gasteiger partial charge in [0.2, 0.25) is 0 Å². The molecule has 2 aliphatic heterocycles. The first-order valence-corrected chi connectivity index (χ1v) is 9.17. The van der Waals surface area contributed by atoms with Gasteiger partial charge < -0.3 is 9.64 Å². The van der Waals surface area contributed by atoms with Crippen LogP contribution in [-0.2, 0) is 14.3 Å². The third kappa shape index (κ3) is 2.94. The smallest absolute Gasteiger partial charge is 0.282 e. The van der Waals surface area contributed by atoms with Gasteiger partial charge in [0, 0.05) is 13.1 Å². The van der Waals surface area contributed by atoms with Crippen LogP contribution in [0.4, 0.5) is 5.69 Å². The van der Waals surface area contributed by atoms with Gasteiger partial charge in [-0.05, 0) is 36.6 Å². The van der Waals surface area contributed by atoms with Crippen molar-refractivity contribution in [2.75, 3.05) is 31.2 Å². The number of benzene rings is 2. The Labute approximate surface area is 158 Å². The number of morpholine rings is 1. The molecule has 0 bridgehead atoms. The fourth-order valence-electron chi connectivity index (χ4n) is 3.66. The van der Waals surface area contributed by atoms with Gasteiger partial charge in [0.25, 0.3) is 11.8 Å². The second-order valence-corrected chi connectivity index (χ2v) is 6.85. The molecule has 5 nitrogen and oxygen atoms in total. The number of amides is 2. The van der Waals surface area contributed by atoms with Crippen molar-refractivity contribution in [2.45, 2.75) is 13.8 Å². The van der Waals surface area contributed by atoms with Crippen LogP contribution in [0.5, 0.6) is 0 Å². The molecule has 0 radical (unpaired) electrons. The minimum atomic E-state index is -0.263. The molecule has 0 spiro atoms. The molecule has 0 unspecified atom stereocenters. The molecule has 138 valence electrons. The average Bonchev–Trinajstić information content (AvgIpc) is 2.96. The maximum absolute atomic E-state index is 13.4. The number of rotatable bonds is 3. The van der Waals surface area contributed by atoms with Crippen LogP contribution in [0.2, 0.25) is 0 Å². The van der Waals surface area contributed by atoms with Crippen molar-refractivity contribution >= 4 is 23.1 Å². The first kappa shape index (κ1) is 17.5. The Balaban J connectivity index is 1.85.